The van der Waals surface area contributed by atoms with Crippen LogP contribution in [0.1, 0.15) is 21.5 Å². The van der Waals surface area contributed by atoms with Gasteiger partial charge >= 0.3 is 0 Å². The number of carbonyl (C=O) groups excluding carboxylic acids is 1. The van der Waals surface area contributed by atoms with Gasteiger partial charge < -0.3 is 14.4 Å². The fourth-order valence-electron chi connectivity index (χ4n) is 2.89. The number of halogens is 1. The molecule has 28 heavy (non-hydrogen) atoms. The van der Waals surface area contributed by atoms with E-state index in [1.165, 1.54) is 13.2 Å². The summed E-state index contributed by atoms with van der Waals surface area (Å²) in [6.45, 7) is 0.574. The molecule has 1 amide bonds. The third-order valence-corrected chi connectivity index (χ3v) is 4.37. The maximum absolute atomic E-state index is 13.9. The maximum Gasteiger partial charge on any atom is 0.254 e. The largest absolute Gasteiger partial charge is 0.494 e. The topological polar surface area (TPSA) is 38.8 Å². The molecule has 3 aromatic rings. The Bertz CT molecular complexity index is 944. The molecule has 0 atom stereocenters. The summed E-state index contributed by atoms with van der Waals surface area (Å²) in [4.78, 5) is 14.5. The third-order valence-electron chi connectivity index (χ3n) is 4.37. The van der Waals surface area contributed by atoms with Gasteiger partial charge in [-0.3, -0.25) is 4.79 Å². The summed E-state index contributed by atoms with van der Waals surface area (Å²) < 4.78 is 24.6. The molecule has 0 bridgehead atoms. The van der Waals surface area contributed by atoms with Crippen LogP contribution < -0.4 is 9.47 Å². The number of para-hydroxylation sites is 1. The lowest BCUT2D eigenvalue weighted by Gasteiger charge is -2.19. The van der Waals surface area contributed by atoms with E-state index < -0.39 is 5.82 Å². The van der Waals surface area contributed by atoms with E-state index in [0.29, 0.717) is 11.1 Å². The van der Waals surface area contributed by atoms with E-state index in [0.717, 1.165) is 11.3 Å². The Morgan fingerprint density at radius 2 is 1.71 bits per heavy atom. The molecule has 3 rings (SSSR count). The van der Waals surface area contributed by atoms with Crippen LogP contribution in [0.4, 0.5) is 4.39 Å². The second kappa shape index (κ2) is 9.04. The van der Waals surface area contributed by atoms with Gasteiger partial charge in [-0.25, -0.2) is 4.39 Å². The summed E-state index contributed by atoms with van der Waals surface area (Å²) in [5.74, 6) is 0.328. The van der Waals surface area contributed by atoms with Crippen molar-refractivity contribution >= 4 is 5.91 Å². The van der Waals surface area contributed by atoms with Crippen molar-refractivity contribution in [1.82, 2.24) is 4.90 Å². The van der Waals surface area contributed by atoms with Crippen LogP contribution in [0.5, 0.6) is 11.5 Å². The van der Waals surface area contributed by atoms with E-state index in [2.05, 4.69) is 0 Å². The van der Waals surface area contributed by atoms with Gasteiger partial charge in [-0.1, -0.05) is 42.5 Å². The standard InChI is InChI=1S/C23H22FNO3/c1-25(15-17-12-13-22(27-2)21(24)14-17)23(26)20-11-7-6-8-18(20)16-28-19-9-4-3-5-10-19/h3-14H,15-16H2,1-2H3. The first-order chi connectivity index (χ1) is 13.6. The van der Waals surface area contributed by atoms with E-state index in [4.69, 9.17) is 9.47 Å². The number of amides is 1. The molecule has 4 nitrogen and oxygen atoms in total. The normalized spacial score (nSPS) is 10.4. The van der Waals surface area contributed by atoms with Crippen molar-refractivity contribution in [2.45, 2.75) is 13.2 Å². The monoisotopic (exact) mass is 379 g/mol. The zero-order valence-electron chi connectivity index (χ0n) is 15.9. The molecule has 0 aliphatic carbocycles. The predicted molar refractivity (Wildman–Crippen MR) is 106 cm³/mol. The first-order valence-corrected chi connectivity index (χ1v) is 8.92. The van der Waals surface area contributed by atoms with Crippen LogP contribution in [-0.2, 0) is 13.2 Å². The molecule has 0 aliphatic rings. The number of hydrogen-bond acceptors (Lipinski definition) is 3. The first-order valence-electron chi connectivity index (χ1n) is 8.92. The number of rotatable bonds is 7. The summed E-state index contributed by atoms with van der Waals surface area (Å²) in [6, 6.07) is 21.5. The summed E-state index contributed by atoms with van der Waals surface area (Å²) in [6.07, 6.45) is 0. The van der Waals surface area contributed by atoms with Gasteiger partial charge in [0.05, 0.1) is 7.11 Å². The Balaban J connectivity index is 1.72. The van der Waals surface area contributed by atoms with Crippen molar-refractivity contribution in [3.05, 3.63) is 95.3 Å². The molecule has 0 aromatic heterocycles. The summed E-state index contributed by atoms with van der Waals surface area (Å²) in [5, 5.41) is 0. The molecule has 144 valence electrons. The Morgan fingerprint density at radius 3 is 2.43 bits per heavy atom. The zero-order valence-corrected chi connectivity index (χ0v) is 15.9. The highest BCUT2D eigenvalue weighted by atomic mass is 19.1. The minimum atomic E-state index is -0.447. The highest BCUT2D eigenvalue weighted by Gasteiger charge is 2.17. The van der Waals surface area contributed by atoms with Gasteiger partial charge in [0.2, 0.25) is 0 Å². The Kier molecular flexibility index (Phi) is 6.27. The lowest BCUT2D eigenvalue weighted by Crippen LogP contribution is -2.27. The second-order valence-corrected chi connectivity index (χ2v) is 6.39. The number of hydrogen-bond donors (Lipinski definition) is 0. The van der Waals surface area contributed by atoms with Gasteiger partial charge in [0, 0.05) is 24.7 Å². The van der Waals surface area contributed by atoms with Gasteiger partial charge in [-0.15, -0.1) is 0 Å². The predicted octanol–water partition coefficient (Wildman–Crippen LogP) is 4.69. The van der Waals surface area contributed by atoms with Crippen molar-refractivity contribution in [1.29, 1.82) is 0 Å². The number of ether oxygens (including phenoxy) is 2. The Labute approximate surface area is 164 Å². The number of carbonyl (C=O) groups is 1. The second-order valence-electron chi connectivity index (χ2n) is 6.39. The lowest BCUT2D eigenvalue weighted by molar-refractivity contribution is 0.0782. The molecule has 0 N–H and O–H groups in total. The molecule has 0 fully saturated rings. The molecular weight excluding hydrogens is 357 g/mol. The first kappa shape index (κ1) is 19.4. The molecule has 3 aromatic carbocycles. The van der Waals surface area contributed by atoms with Crippen molar-refractivity contribution in [3.8, 4) is 11.5 Å². The fraction of sp³-hybridized carbons (Fsp3) is 0.174. The van der Waals surface area contributed by atoms with Crippen LogP contribution in [0, 0.1) is 5.82 Å². The average molecular weight is 379 g/mol. The molecular formula is C23H22FNO3. The smallest absolute Gasteiger partial charge is 0.254 e. The van der Waals surface area contributed by atoms with E-state index in [1.54, 1.807) is 30.1 Å². The number of nitrogens with zero attached hydrogens (tertiary/aromatic N) is 1. The third kappa shape index (κ3) is 4.68. The van der Waals surface area contributed by atoms with Crippen molar-refractivity contribution in [2.75, 3.05) is 14.2 Å². The Morgan fingerprint density at radius 1 is 1.00 bits per heavy atom. The van der Waals surface area contributed by atoms with E-state index in [1.807, 2.05) is 48.5 Å². The summed E-state index contributed by atoms with van der Waals surface area (Å²) in [5.41, 5.74) is 2.05. The minimum Gasteiger partial charge on any atom is -0.494 e. The molecule has 0 aliphatic heterocycles. The zero-order chi connectivity index (χ0) is 19.9. The minimum absolute atomic E-state index is 0.150. The van der Waals surface area contributed by atoms with Crippen molar-refractivity contribution < 1.29 is 18.7 Å². The van der Waals surface area contributed by atoms with Gasteiger partial charge in [0.1, 0.15) is 12.4 Å². The highest BCUT2D eigenvalue weighted by Crippen LogP contribution is 2.20. The fourth-order valence-corrected chi connectivity index (χ4v) is 2.89. The molecule has 0 unspecified atom stereocenters. The maximum atomic E-state index is 13.9. The van der Waals surface area contributed by atoms with Gasteiger partial charge in [0.25, 0.3) is 5.91 Å². The van der Waals surface area contributed by atoms with Crippen LogP contribution in [0.15, 0.2) is 72.8 Å². The quantitative estimate of drug-likeness (QED) is 0.598. The number of benzene rings is 3. The van der Waals surface area contributed by atoms with Crippen LogP contribution in [0.2, 0.25) is 0 Å². The van der Waals surface area contributed by atoms with E-state index in [-0.39, 0.29) is 24.8 Å². The molecule has 0 radical (unpaired) electrons. The van der Waals surface area contributed by atoms with Crippen LogP contribution in [-0.4, -0.2) is 25.0 Å². The van der Waals surface area contributed by atoms with Gasteiger partial charge in [-0.2, -0.15) is 0 Å². The van der Waals surface area contributed by atoms with Crippen LogP contribution in [0.25, 0.3) is 0 Å². The molecule has 0 saturated heterocycles. The van der Waals surface area contributed by atoms with Crippen molar-refractivity contribution in [2.24, 2.45) is 0 Å². The molecule has 0 heterocycles. The summed E-state index contributed by atoms with van der Waals surface area (Å²) >= 11 is 0. The van der Waals surface area contributed by atoms with E-state index >= 15 is 0 Å². The lowest BCUT2D eigenvalue weighted by atomic mass is 10.1. The highest BCUT2D eigenvalue weighted by molar-refractivity contribution is 5.95. The molecule has 5 heteroatoms. The summed E-state index contributed by atoms with van der Waals surface area (Å²) in [7, 11) is 3.11. The number of methoxy groups -OCH3 is 1. The van der Waals surface area contributed by atoms with Crippen LogP contribution >= 0.6 is 0 Å². The molecule has 0 spiro atoms. The SMILES string of the molecule is COc1ccc(CN(C)C(=O)c2ccccc2COc2ccccc2)cc1F. The van der Waals surface area contributed by atoms with Crippen LogP contribution in [0.3, 0.4) is 0 Å². The average Bonchev–Trinajstić information content (AvgIpc) is 2.73. The molecule has 0 saturated carbocycles. The van der Waals surface area contributed by atoms with Gasteiger partial charge in [0.15, 0.2) is 11.6 Å². The van der Waals surface area contributed by atoms with Gasteiger partial charge in [-0.05, 0) is 35.9 Å². The van der Waals surface area contributed by atoms with Crippen molar-refractivity contribution in [3.63, 3.8) is 0 Å². The van der Waals surface area contributed by atoms with E-state index in [9.17, 15) is 9.18 Å². The Hall–Kier alpha value is -3.34.